The summed E-state index contributed by atoms with van der Waals surface area (Å²) in [4.78, 5) is 14.2. The van der Waals surface area contributed by atoms with Crippen LogP contribution < -0.4 is 5.32 Å². The number of carbonyl (C=O) groups is 1. The lowest BCUT2D eigenvalue weighted by atomic mass is 10.1. The molecule has 2 fully saturated rings. The summed E-state index contributed by atoms with van der Waals surface area (Å²) in [6.45, 7) is 2.22. The summed E-state index contributed by atoms with van der Waals surface area (Å²) in [6.07, 6.45) is 2.00. The number of nitrogens with zero attached hydrogens (tertiary/aromatic N) is 1. The number of carbonyl (C=O) groups excluding carboxylic acids is 1. The predicted molar refractivity (Wildman–Crippen MR) is 67.3 cm³/mol. The number of nitrogens with one attached hydrogen (secondary N) is 1. The molecule has 18 heavy (non-hydrogen) atoms. The van der Waals surface area contributed by atoms with Gasteiger partial charge >= 0.3 is 0 Å². The van der Waals surface area contributed by atoms with Crippen LogP contribution in [0.1, 0.15) is 23.2 Å². The molecule has 1 N–H and O–H groups in total. The second-order valence-electron chi connectivity index (χ2n) is 4.98. The molecule has 0 atom stereocenters. The highest BCUT2D eigenvalue weighted by molar-refractivity contribution is 6.30. The molecule has 1 aliphatic carbocycles. The first-order chi connectivity index (χ1) is 8.62. The van der Waals surface area contributed by atoms with E-state index in [-0.39, 0.29) is 17.0 Å². The second-order valence-corrected chi connectivity index (χ2v) is 5.42. The molecule has 3 rings (SSSR count). The van der Waals surface area contributed by atoms with E-state index in [2.05, 4.69) is 5.32 Å². The van der Waals surface area contributed by atoms with Gasteiger partial charge in [-0.05, 0) is 31.0 Å². The maximum atomic E-state index is 13.8. The molecule has 1 heterocycles. The minimum atomic E-state index is -0.540. The molecule has 1 aromatic rings. The second kappa shape index (κ2) is 4.21. The van der Waals surface area contributed by atoms with E-state index in [0.29, 0.717) is 11.6 Å². The van der Waals surface area contributed by atoms with Crippen LogP contribution in [0.4, 0.5) is 4.39 Å². The molecule has 2 aliphatic rings. The summed E-state index contributed by atoms with van der Waals surface area (Å²) >= 11 is 5.70. The quantitative estimate of drug-likeness (QED) is 0.846. The van der Waals surface area contributed by atoms with Gasteiger partial charge in [0.25, 0.3) is 5.91 Å². The van der Waals surface area contributed by atoms with Crippen LogP contribution in [0.3, 0.4) is 0 Å². The molecule has 0 unspecified atom stereocenters. The predicted octanol–water partition coefficient (Wildman–Crippen LogP) is 2.06. The van der Waals surface area contributed by atoms with E-state index in [1.807, 2.05) is 4.90 Å². The lowest BCUT2D eigenvalue weighted by Crippen LogP contribution is -2.55. The van der Waals surface area contributed by atoms with Gasteiger partial charge in [-0.15, -0.1) is 0 Å². The smallest absolute Gasteiger partial charge is 0.257 e. The fourth-order valence-electron chi connectivity index (χ4n) is 2.56. The average molecular weight is 269 g/mol. The molecule has 1 saturated carbocycles. The fourth-order valence-corrected chi connectivity index (χ4v) is 2.72. The molecule has 3 nitrogen and oxygen atoms in total. The van der Waals surface area contributed by atoms with E-state index in [1.165, 1.54) is 12.1 Å². The third-order valence-corrected chi connectivity index (χ3v) is 4.01. The van der Waals surface area contributed by atoms with Crippen LogP contribution in [-0.4, -0.2) is 36.0 Å². The van der Waals surface area contributed by atoms with Gasteiger partial charge in [0.1, 0.15) is 5.82 Å². The Morgan fingerprint density at radius 1 is 1.44 bits per heavy atom. The molecule has 5 heteroatoms. The fraction of sp³-hybridized carbons (Fsp3) is 0.462. The first kappa shape index (κ1) is 11.9. The summed E-state index contributed by atoms with van der Waals surface area (Å²) in [5, 5.41) is 3.60. The van der Waals surface area contributed by atoms with Gasteiger partial charge in [0.2, 0.25) is 0 Å². The number of halogens is 2. The Hall–Kier alpha value is -1.13. The Morgan fingerprint density at radius 2 is 2.22 bits per heavy atom. The Kier molecular flexibility index (Phi) is 2.79. The standard InChI is InChI=1S/C13H14ClFN2O/c14-9-1-2-10(11(15)7-9)12(18)17-6-5-16-8-13(17)3-4-13/h1-2,7,16H,3-6,8H2. The van der Waals surface area contributed by atoms with Crippen LogP contribution in [0.15, 0.2) is 18.2 Å². The minimum absolute atomic E-state index is 0.0680. The number of piperazine rings is 1. The zero-order chi connectivity index (χ0) is 12.8. The summed E-state index contributed by atoms with van der Waals surface area (Å²) in [5.74, 6) is -0.759. The molecule has 1 saturated heterocycles. The molecule has 1 spiro atoms. The maximum Gasteiger partial charge on any atom is 0.257 e. The zero-order valence-electron chi connectivity index (χ0n) is 9.88. The van der Waals surface area contributed by atoms with Crippen LogP contribution in [0, 0.1) is 5.82 Å². The Balaban J connectivity index is 1.89. The molecule has 1 aromatic carbocycles. The Labute approximate surface area is 110 Å². The molecule has 1 aliphatic heterocycles. The zero-order valence-corrected chi connectivity index (χ0v) is 10.6. The average Bonchev–Trinajstić information content (AvgIpc) is 3.09. The van der Waals surface area contributed by atoms with Gasteiger partial charge in [0.05, 0.1) is 11.1 Å². The van der Waals surface area contributed by atoms with E-state index >= 15 is 0 Å². The van der Waals surface area contributed by atoms with Crippen molar-refractivity contribution in [1.29, 1.82) is 0 Å². The van der Waals surface area contributed by atoms with E-state index in [9.17, 15) is 9.18 Å². The van der Waals surface area contributed by atoms with Crippen LogP contribution in [0.2, 0.25) is 5.02 Å². The van der Waals surface area contributed by atoms with Crippen molar-refractivity contribution in [2.75, 3.05) is 19.6 Å². The summed E-state index contributed by atoms with van der Waals surface area (Å²) in [6, 6.07) is 4.22. The maximum absolute atomic E-state index is 13.8. The summed E-state index contributed by atoms with van der Waals surface area (Å²) in [7, 11) is 0. The Morgan fingerprint density at radius 3 is 2.89 bits per heavy atom. The van der Waals surface area contributed by atoms with Crippen LogP contribution in [0.5, 0.6) is 0 Å². The monoisotopic (exact) mass is 268 g/mol. The molecule has 0 aromatic heterocycles. The lowest BCUT2D eigenvalue weighted by molar-refractivity contribution is 0.0596. The van der Waals surface area contributed by atoms with Crippen molar-refractivity contribution in [1.82, 2.24) is 10.2 Å². The normalized spacial score (nSPS) is 21.1. The van der Waals surface area contributed by atoms with Gasteiger partial charge in [-0.1, -0.05) is 11.6 Å². The van der Waals surface area contributed by atoms with Gasteiger partial charge in [0.15, 0.2) is 0 Å². The minimum Gasteiger partial charge on any atom is -0.330 e. The van der Waals surface area contributed by atoms with Gasteiger partial charge in [0, 0.05) is 24.7 Å². The third kappa shape index (κ3) is 1.89. The van der Waals surface area contributed by atoms with Crippen molar-refractivity contribution in [3.8, 4) is 0 Å². The number of hydrogen-bond acceptors (Lipinski definition) is 2. The van der Waals surface area contributed by atoms with Gasteiger partial charge in [-0.3, -0.25) is 4.79 Å². The number of benzene rings is 1. The van der Waals surface area contributed by atoms with E-state index in [4.69, 9.17) is 11.6 Å². The highest BCUT2D eigenvalue weighted by atomic mass is 35.5. The molecule has 0 radical (unpaired) electrons. The summed E-state index contributed by atoms with van der Waals surface area (Å²) in [5.41, 5.74) is 0.0501. The SMILES string of the molecule is O=C(c1ccc(Cl)cc1F)N1CCNCC12CC2. The van der Waals surface area contributed by atoms with Gasteiger partial charge < -0.3 is 10.2 Å². The van der Waals surface area contributed by atoms with Gasteiger partial charge in [-0.25, -0.2) is 4.39 Å². The third-order valence-electron chi connectivity index (χ3n) is 3.77. The van der Waals surface area contributed by atoms with Crippen molar-refractivity contribution in [3.63, 3.8) is 0 Å². The van der Waals surface area contributed by atoms with Crippen molar-refractivity contribution >= 4 is 17.5 Å². The lowest BCUT2D eigenvalue weighted by Gasteiger charge is -2.36. The molecule has 1 amide bonds. The van der Waals surface area contributed by atoms with Crippen LogP contribution >= 0.6 is 11.6 Å². The molecular weight excluding hydrogens is 255 g/mol. The molecule has 0 bridgehead atoms. The van der Waals surface area contributed by atoms with Crippen molar-refractivity contribution in [2.45, 2.75) is 18.4 Å². The first-order valence-electron chi connectivity index (χ1n) is 6.10. The largest absolute Gasteiger partial charge is 0.330 e. The van der Waals surface area contributed by atoms with E-state index in [1.54, 1.807) is 6.07 Å². The highest BCUT2D eigenvalue weighted by Gasteiger charge is 2.51. The molecule has 96 valence electrons. The van der Waals surface area contributed by atoms with E-state index < -0.39 is 5.82 Å². The van der Waals surface area contributed by atoms with Crippen molar-refractivity contribution < 1.29 is 9.18 Å². The Bertz CT molecular complexity index is 502. The highest BCUT2D eigenvalue weighted by Crippen LogP contribution is 2.43. The number of rotatable bonds is 1. The van der Waals surface area contributed by atoms with Crippen LogP contribution in [0.25, 0.3) is 0 Å². The number of hydrogen-bond donors (Lipinski definition) is 1. The van der Waals surface area contributed by atoms with E-state index in [0.717, 1.165) is 25.9 Å². The topological polar surface area (TPSA) is 32.3 Å². The summed E-state index contributed by atoms with van der Waals surface area (Å²) < 4.78 is 13.8. The molecular formula is C13H14ClFN2O. The van der Waals surface area contributed by atoms with Gasteiger partial charge in [-0.2, -0.15) is 0 Å². The van der Waals surface area contributed by atoms with Crippen molar-refractivity contribution in [2.24, 2.45) is 0 Å². The number of amides is 1. The van der Waals surface area contributed by atoms with Crippen LogP contribution in [-0.2, 0) is 0 Å². The first-order valence-corrected chi connectivity index (χ1v) is 6.48. The van der Waals surface area contributed by atoms with Crippen molar-refractivity contribution in [3.05, 3.63) is 34.6 Å².